The number of fused-ring (bicyclic) bond motifs is 19. The summed E-state index contributed by atoms with van der Waals surface area (Å²) in [5.74, 6) is 0. The molecule has 390 valence electrons. The highest BCUT2D eigenvalue weighted by molar-refractivity contribution is 6.22. The first-order valence-electron chi connectivity index (χ1n) is 28.7. The molecule has 0 aliphatic heterocycles. The number of furan rings is 2. The maximum absolute atomic E-state index is 7.09. The Morgan fingerprint density at radius 1 is 0.333 bits per heavy atom. The number of hydrogen-bond acceptors (Lipinski definition) is 3. The Balaban J connectivity index is 0.975. The van der Waals surface area contributed by atoms with Crippen molar-refractivity contribution in [3.05, 3.63) is 256 Å². The molecule has 0 saturated heterocycles. The second-order valence-electron chi connectivity index (χ2n) is 24.9. The van der Waals surface area contributed by atoms with Gasteiger partial charge in [0.25, 0.3) is 0 Å². The highest BCUT2D eigenvalue weighted by atomic mass is 16.3. The highest BCUT2D eigenvalue weighted by Gasteiger charge is 2.49. The minimum atomic E-state index is -0.393. The number of benzene rings is 11. The van der Waals surface area contributed by atoms with Gasteiger partial charge in [-0.05, 0) is 152 Å². The van der Waals surface area contributed by atoms with Crippen LogP contribution in [0, 0.1) is 20.8 Å². The van der Waals surface area contributed by atoms with Gasteiger partial charge >= 0.3 is 0 Å². The average Bonchev–Trinajstić information content (AvgIpc) is 2.37. The molecule has 11 aromatic carbocycles. The van der Waals surface area contributed by atoms with E-state index in [-0.39, 0.29) is 10.8 Å². The Morgan fingerprint density at radius 2 is 0.802 bits per heavy atom. The van der Waals surface area contributed by atoms with Crippen LogP contribution in [0.15, 0.2) is 215 Å². The first kappa shape index (κ1) is 47.8. The molecular weight excluding hydrogens is 983 g/mol. The molecule has 3 aliphatic carbocycles. The lowest BCUT2D eigenvalue weighted by atomic mass is 9.72. The van der Waals surface area contributed by atoms with Crippen LogP contribution in [0.25, 0.3) is 111 Å². The van der Waals surface area contributed by atoms with Crippen molar-refractivity contribution in [1.82, 2.24) is 0 Å². The zero-order valence-corrected chi connectivity index (χ0v) is 47.4. The van der Waals surface area contributed by atoms with Gasteiger partial charge in [-0.25, -0.2) is 0 Å². The van der Waals surface area contributed by atoms with E-state index in [4.69, 9.17) is 8.83 Å². The van der Waals surface area contributed by atoms with Crippen LogP contribution in [0.1, 0.15) is 91.6 Å². The van der Waals surface area contributed by atoms with Gasteiger partial charge in [0.05, 0.1) is 5.69 Å². The fourth-order valence-corrected chi connectivity index (χ4v) is 15.6. The van der Waals surface area contributed by atoms with Crippen molar-refractivity contribution < 1.29 is 8.83 Å². The van der Waals surface area contributed by atoms with Gasteiger partial charge in [0.2, 0.25) is 0 Å². The molecule has 0 spiro atoms. The van der Waals surface area contributed by atoms with Crippen LogP contribution in [0.4, 0.5) is 17.1 Å². The Labute approximate surface area is 473 Å². The third kappa shape index (κ3) is 6.46. The number of para-hydroxylation sites is 3. The zero-order valence-electron chi connectivity index (χ0n) is 47.4. The lowest BCUT2D eigenvalue weighted by molar-refractivity contribution is 0.600. The summed E-state index contributed by atoms with van der Waals surface area (Å²) in [4.78, 5) is 2.59. The first-order valence-corrected chi connectivity index (χ1v) is 28.7. The molecular formula is C78H61NO2. The summed E-state index contributed by atoms with van der Waals surface area (Å²) in [5, 5.41) is 4.70. The Bertz CT molecular complexity index is 4790. The third-order valence-electron chi connectivity index (χ3n) is 19.0. The molecule has 0 unspecified atom stereocenters. The van der Waals surface area contributed by atoms with E-state index in [9.17, 15) is 0 Å². The minimum Gasteiger partial charge on any atom is -0.455 e. The summed E-state index contributed by atoms with van der Waals surface area (Å²) in [6, 6.07) is 76.8. The number of aryl methyl sites for hydroxylation is 3. The largest absolute Gasteiger partial charge is 0.455 e. The van der Waals surface area contributed by atoms with Crippen molar-refractivity contribution in [2.45, 2.75) is 78.6 Å². The van der Waals surface area contributed by atoms with E-state index in [1.54, 1.807) is 0 Å². The number of anilines is 3. The number of hydrogen-bond donors (Lipinski definition) is 0. The van der Waals surface area contributed by atoms with Crippen LogP contribution in [-0.4, -0.2) is 0 Å². The molecule has 13 aromatic rings. The second kappa shape index (κ2) is 16.7. The van der Waals surface area contributed by atoms with Gasteiger partial charge in [-0.3, -0.25) is 0 Å². The molecule has 0 radical (unpaired) electrons. The Hall–Kier alpha value is -9.18. The van der Waals surface area contributed by atoms with Gasteiger partial charge in [0.15, 0.2) is 0 Å². The normalized spacial score (nSPS) is 14.8. The van der Waals surface area contributed by atoms with Crippen molar-refractivity contribution in [3.63, 3.8) is 0 Å². The summed E-state index contributed by atoms with van der Waals surface area (Å²) in [6.45, 7) is 21.3. The molecule has 0 amide bonds. The monoisotopic (exact) mass is 1040 g/mol. The van der Waals surface area contributed by atoms with E-state index >= 15 is 0 Å². The van der Waals surface area contributed by atoms with Crippen LogP contribution in [0.3, 0.4) is 0 Å². The van der Waals surface area contributed by atoms with Crippen molar-refractivity contribution >= 4 is 60.9 Å². The van der Waals surface area contributed by atoms with Crippen molar-refractivity contribution in [2.75, 3.05) is 4.90 Å². The molecule has 2 aromatic heterocycles. The van der Waals surface area contributed by atoms with Gasteiger partial charge in [-0.15, -0.1) is 0 Å². The van der Waals surface area contributed by atoms with E-state index in [0.717, 1.165) is 78.0 Å². The van der Waals surface area contributed by atoms with E-state index in [1.807, 2.05) is 0 Å². The van der Waals surface area contributed by atoms with Crippen LogP contribution >= 0.6 is 0 Å². The Morgan fingerprint density at radius 3 is 1.42 bits per heavy atom. The molecule has 0 atom stereocenters. The number of nitrogens with zero attached hydrogens (tertiary/aromatic N) is 1. The summed E-state index contributed by atoms with van der Waals surface area (Å²) in [6.07, 6.45) is 0. The molecule has 3 heteroatoms. The average molecular weight is 1040 g/mol. The topological polar surface area (TPSA) is 29.5 Å². The standard InChI is InChI=1S/C78H61NO2/c1-44-39-45(2)65(46(3)40-44)58-43-62-66(68-56-28-17-20-33-63(56)80-74(58)68)54-37-35-49(41-60(54)76(62,4)5)79(73-51(47-23-12-10-13-24-47)30-22-31-52(73)48-25-14-11-15-26-48)50-36-38-55-61(42-50)78(8,9)71-67(55)69-57-29-18-21-34-64(57)81-75(69)70-53-27-16-19-32-59(53)77(6,7)72(70)71/h10-43H,1-9H3. The fourth-order valence-electron chi connectivity index (χ4n) is 15.6. The molecule has 0 bridgehead atoms. The van der Waals surface area contributed by atoms with Gasteiger partial charge in [-0.2, -0.15) is 0 Å². The number of rotatable bonds is 6. The smallest absolute Gasteiger partial charge is 0.144 e. The fraction of sp³-hybridized carbons (Fsp3) is 0.154. The van der Waals surface area contributed by atoms with E-state index < -0.39 is 5.41 Å². The van der Waals surface area contributed by atoms with Crippen molar-refractivity contribution in [1.29, 1.82) is 0 Å². The van der Waals surface area contributed by atoms with E-state index in [2.05, 4.69) is 273 Å². The predicted molar refractivity (Wildman–Crippen MR) is 339 cm³/mol. The summed E-state index contributed by atoms with van der Waals surface area (Å²) >= 11 is 0. The highest BCUT2D eigenvalue weighted by Crippen LogP contribution is 2.64. The lowest BCUT2D eigenvalue weighted by Crippen LogP contribution is -2.24. The quantitative estimate of drug-likeness (QED) is 0.166. The maximum Gasteiger partial charge on any atom is 0.144 e. The molecule has 3 nitrogen and oxygen atoms in total. The molecule has 16 rings (SSSR count). The van der Waals surface area contributed by atoms with Gasteiger partial charge in [0.1, 0.15) is 22.3 Å². The lowest BCUT2D eigenvalue weighted by Gasteiger charge is -2.33. The molecule has 0 N–H and O–H groups in total. The predicted octanol–water partition coefficient (Wildman–Crippen LogP) is 21.8. The summed E-state index contributed by atoms with van der Waals surface area (Å²) in [7, 11) is 0. The summed E-state index contributed by atoms with van der Waals surface area (Å²) in [5.41, 5.74) is 32.5. The van der Waals surface area contributed by atoms with Crippen LogP contribution in [0.2, 0.25) is 0 Å². The van der Waals surface area contributed by atoms with Crippen molar-refractivity contribution in [2.24, 2.45) is 0 Å². The van der Waals surface area contributed by atoms with E-state index in [1.165, 1.54) is 99.8 Å². The van der Waals surface area contributed by atoms with Crippen LogP contribution in [-0.2, 0) is 16.2 Å². The third-order valence-corrected chi connectivity index (χ3v) is 19.0. The summed E-state index contributed by atoms with van der Waals surface area (Å²) < 4.78 is 14.1. The van der Waals surface area contributed by atoms with Crippen molar-refractivity contribution in [3.8, 4) is 66.8 Å². The van der Waals surface area contributed by atoms with Gasteiger partial charge < -0.3 is 13.7 Å². The first-order chi connectivity index (χ1) is 39.2. The maximum atomic E-state index is 7.09. The van der Waals surface area contributed by atoms with E-state index in [0.29, 0.717) is 0 Å². The van der Waals surface area contributed by atoms with Gasteiger partial charge in [0, 0.05) is 71.4 Å². The van der Waals surface area contributed by atoms with Gasteiger partial charge in [-0.1, -0.05) is 211 Å². The Kier molecular flexibility index (Phi) is 9.85. The van der Waals surface area contributed by atoms with Crippen LogP contribution < -0.4 is 4.90 Å². The minimum absolute atomic E-state index is 0.266. The SMILES string of the molecule is Cc1cc(C)c(-c2cc3c(c4c2oc2ccccc24)-c2ccc(N(c4ccc5c(c4)C(C)(C)c4c6c(c7oc8ccccc8c7c4-5)-c4ccccc4C6(C)C)c4c(-c5ccccc5)cccc4-c4ccccc4)cc2C3(C)C)c(C)c1. The second-order valence-corrected chi connectivity index (χ2v) is 24.9. The molecule has 0 saturated carbocycles. The van der Waals surface area contributed by atoms with Crippen LogP contribution in [0.5, 0.6) is 0 Å². The molecule has 81 heavy (non-hydrogen) atoms. The molecule has 0 fully saturated rings. The molecule has 2 heterocycles. The molecule has 3 aliphatic rings. The zero-order chi connectivity index (χ0) is 55.0.